The lowest BCUT2D eigenvalue weighted by atomic mass is 9.93. The van der Waals surface area contributed by atoms with Gasteiger partial charge in [-0.3, -0.25) is 0 Å². The molecule has 2 atom stereocenters. The van der Waals surface area contributed by atoms with E-state index in [0.717, 1.165) is 11.8 Å². The Labute approximate surface area is 116 Å². The normalized spacial score (nSPS) is 22.6. The van der Waals surface area contributed by atoms with Gasteiger partial charge < -0.3 is 0 Å². The first-order chi connectivity index (χ1) is 9.31. The van der Waals surface area contributed by atoms with E-state index >= 15 is 0 Å². The largest absolute Gasteiger partial charge is 0.0622 e. The highest BCUT2D eigenvalue weighted by atomic mass is 14.3. The van der Waals surface area contributed by atoms with Gasteiger partial charge in [0.25, 0.3) is 0 Å². The van der Waals surface area contributed by atoms with Gasteiger partial charge in [-0.25, -0.2) is 0 Å². The van der Waals surface area contributed by atoms with E-state index in [1.54, 1.807) is 0 Å². The van der Waals surface area contributed by atoms with Gasteiger partial charge in [-0.05, 0) is 55.6 Å². The molecule has 19 heavy (non-hydrogen) atoms. The van der Waals surface area contributed by atoms with Crippen LogP contribution >= 0.6 is 0 Å². The van der Waals surface area contributed by atoms with Gasteiger partial charge in [-0.2, -0.15) is 0 Å². The van der Waals surface area contributed by atoms with Crippen LogP contribution in [0.15, 0.2) is 54.6 Å². The van der Waals surface area contributed by atoms with E-state index in [1.807, 2.05) is 0 Å². The zero-order valence-electron chi connectivity index (χ0n) is 11.7. The number of hydrogen-bond acceptors (Lipinski definition) is 0. The van der Waals surface area contributed by atoms with Crippen molar-refractivity contribution in [2.45, 2.75) is 38.5 Å². The molecule has 1 aliphatic rings. The minimum Gasteiger partial charge on any atom is -0.0622 e. The highest BCUT2D eigenvalue weighted by Gasteiger charge is 2.25. The van der Waals surface area contributed by atoms with Crippen LogP contribution in [0.1, 0.15) is 41.9 Å². The molecule has 0 bridgehead atoms. The van der Waals surface area contributed by atoms with Crippen molar-refractivity contribution in [2.75, 3.05) is 0 Å². The maximum absolute atomic E-state index is 2.30. The second-order valence-corrected chi connectivity index (χ2v) is 5.98. The molecule has 0 saturated heterocycles. The molecule has 1 aliphatic carbocycles. The Balaban J connectivity index is 1.62. The third-order valence-electron chi connectivity index (χ3n) is 4.46. The fourth-order valence-corrected chi connectivity index (χ4v) is 3.35. The molecule has 1 fully saturated rings. The molecule has 0 radical (unpaired) electrons. The van der Waals surface area contributed by atoms with Crippen molar-refractivity contribution < 1.29 is 0 Å². The van der Waals surface area contributed by atoms with Crippen molar-refractivity contribution >= 4 is 0 Å². The Bertz CT molecular complexity index is 509. The van der Waals surface area contributed by atoms with Crippen molar-refractivity contribution in [1.82, 2.24) is 0 Å². The van der Waals surface area contributed by atoms with Crippen LogP contribution in [0.25, 0.3) is 0 Å². The van der Waals surface area contributed by atoms with Crippen LogP contribution in [0.2, 0.25) is 0 Å². The number of aryl methyl sites for hydroxylation is 1. The summed E-state index contributed by atoms with van der Waals surface area (Å²) in [7, 11) is 0. The molecular formula is C19H22. The Hall–Kier alpha value is -1.56. The fourth-order valence-electron chi connectivity index (χ4n) is 3.35. The van der Waals surface area contributed by atoms with Gasteiger partial charge in [0, 0.05) is 0 Å². The van der Waals surface area contributed by atoms with E-state index in [2.05, 4.69) is 61.5 Å². The summed E-state index contributed by atoms with van der Waals surface area (Å²) >= 11 is 0. The van der Waals surface area contributed by atoms with Gasteiger partial charge in [0.2, 0.25) is 0 Å². The van der Waals surface area contributed by atoms with Crippen LogP contribution in [0.5, 0.6) is 0 Å². The molecule has 0 amide bonds. The molecule has 0 aromatic heterocycles. The lowest BCUT2D eigenvalue weighted by molar-refractivity contribution is 0.536. The van der Waals surface area contributed by atoms with Crippen molar-refractivity contribution in [3.05, 3.63) is 71.3 Å². The van der Waals surface area contributed by atoms with Crippen LogP contribution in [0, 0.1) is 12.8 Å². The zero-order valence-corrected chi connectivity index (χ0v) is 11.7. The maximum atomic E-state index is 2.30. The lowest BCUT2D eigenvalue weighted by Gasteiger charge is -2.12. The minimum atomic E-state index is 0.789. The molecule has 0 spiro atoms. The number of rotatable bonds is 3. The van der Waals surface area contributed by atoms with Gasteiger partial charge in [0.05, 0.1) is 0 Å². The van der Waals surface area contributed by atoms with Crippen molar-refractivity contribution in [3.8, 4) is 0 Å². The third kappa shape index (κ3) is 3.07. The van der Waals surface area contributed by atoms with Crippen LogP contribution in [-0.2, 0) is 6.42 Å². The highest BCUT2D eigenvalue weighted by molar-refractivity contribution is 5.23. The van der Waals surface area contributed by atoms with Crippen LogP contribution in [0.3, 0.4) is 0 Å². The summed E-state index contributed by atoms with van der Waals surface area (Å²) in [6.07, 6.45) is 5.36. The van der Waals surface area contributed by atoms with E-state index in [1.165, 1.54) is 42.4 Å². The van der Waals surface area contributed by atoms with Crippen molar-refractivity contribution in [3.63, 3.8) is 0 Å². The molecule has 0 heteroatoms. The summed E-state index contributed by atoms with van der Waals surface area (Å²) in [5.41, 5.74) is 4.40. The molecule has 2 unspecified atom stereocenters. The molecule has 0 nitrogen and oxygen atoms in total. The van der Waals surface area contributed by atoms with Gasteiger partial charge in [-0.15, -0.1) is 0 Å². The first kappa shape index (κ1) is 12.5. The van der Waals surface area contributed by atoms with Crippen LogP contribution in [0.4, 0.5) is 0 Å². The Morgan fingerprint density at radius 1 is 0.895 bits per heavy atom. The van der Waals surface area contributed by atoms with Gasteiger partial charge in [0.1, 0.15) is 0 Å². The van der Waals surface area contributed by atoms with E-state index in [4.69, 9.17) is 0 Å². The van der Waals surface area contributed by atoms with Gasteiger partial charge in [-0.1, -0.05) is 60.2 Å². The van der Waals surface area contributed by atoms with Gasteiger partial charge >= 0.3 is 0 Å². The quantitative estimate of drug-likeness (QED) is 0.709. The summed E-state index contributed by atoms with van der Waals surface area (Å²) in [5, 5.41) is 0. The molecule has 0 aliphatic heterocycles. The number of benzene rings is 2. The Kier molecular flexibility index (Phi) is 3.68. The summed E-state index contributed by atoms with van der Waals surface area (Å²) in [6.45, 7) is 2.16. The van der Waals surface area contributed by atoms with E-state index < -0.39 is 0 Å². The fraction of sp³-hybridized carbons (Fsp3) is 0.368. The predicted octanol–water partition coefficient (Wildman–Crippen LogP) is 5.12. The third-order valence-corrected chi connectivity index (χ3v) is 4.46. The zero-order chi connectivity index (χ0) is 13.1. The predicted molar refractivity (Wildman–Crippen MR) is 81.4 cm³/mol. The second kappa shape index (κ2) is 5.61. The SMILES string of the molecule is Cc1ccc(CC2CCC(c3ccccc3)C2)cc1. The maximum Gasteiger partial charge on any atom is -0.0159 e. The summed E-state index contributed by atoms with van der Waals surface area (Å²) in [4.78, 5) is 0. The number of hydrogen-bond donors (Lipinski definition) is 0. The average Bonchev–Trinajstić information content (AvgIpc) is 2.91. The average molecular weight is 250 g/mol. The van der Waals surface area contributed by atoms with Crippen LogP contribution < -0.4 is 0 Å². The standard InChI is InChI=1S/C19H22/c1-15-7-9-16(10-8-15)13-17-11-12-19(14-17)18-5-3-2-4-6-18/h2-10,17,19H,11-14H2,1H3. The topological polar surface area (TPSA) is 0 Å². The Morgan fingerprint density at radius 3 is 2.37 bits per heavy atom. The van der Waals surface area contributed by atoms with E-state index in [0.29, 0.717) is 0 Å². The molecule has 0 heterocycles. The Morgan fingerprint density at radius 2 is 1.63 bits per heavy atom. The first-order valence-corrected chi connectivity index (χ1v) is 7.42. The molecular weight excluding hydrogens is 228 g/mol. The molecule has 98 valence electrons. The monoisotopic (exact) mass is 250 g/mol. The van der Waals surface area contributed by atoms with Crippen LogP contribution in [-0.4, -0.2) is 0 Å². The summed E-state index contributed by atoms with van der Waals surface area (Å²) < 4.78 is 0. The minimum absolute atomic E-state index is 0.789. The molecule has 0 N–H and O–H groups in total. The summed E-state index contributed by atoms with van der Waals surface area (Å²) in [5.74, 6) is 1.66. The van der Waals surface area contributed by atoms with Crippen molar-refractivity contribution in [1.29, 1.82) is 0 Å². The first-order valence-electron chi connectivity index (χ1n) is 7.42. The van der Waals surface area contributed by atoms with Crippen molar-refractivity contribution in [2.24, 2.45) is 5.92 Å². The smallest absolute Gasteiger partial charge is 0.0159 e. The lowest BCUT2D eigenvalue weighted by Crippen LogP contribution is -2.00. The van der Waals surface area contributed by atoms with E-state index in [9.17, 15) is 0 Å². The molecule has 2 aromatic rings. The second-order valence-electron chi connectivity index (χ2n) is 5.98. The molecule has 3 rings (SSSR count). The molecule has 1 saturated carbocycles. The van der Waals surface area contributed by atoms with Gasteiger partial charge in [0.15, 0.2) is 0 Å². The highest BCUT2D eigenvalue weighted by Crippen LogP contribution is 2.39. The summed E-state index contributed by atoms with van der Waals surface area (Å²) in [6, 6.07) is 20.1. The van der Waals surface area contributed by atoms with E-state index in [-0.39, 0.29) is 0 Å². The molecule has 2 aromatic carbocycles.